The number of hydrogen-bond donors (Lipinski definition) is 1. The minimum atomic E-state index is -4.45. The summed E-state index contributed by atoms with van der Waals surface area (Å²) >= 11 is 0.871. The van der Waals surface area contributed by atoms with E-state index < -0.39 is 12.0 Å². The van der Waals surface area contributed by atoms with Gasteiger partial charge in [-0.3, -0.25) is 0 Å². The first kappa shape index (κ1) is 14.1. The Morgan fingerprint density at radius 3 is 2.45 bits per heavy atom. The van der Waals surface area contributed by atoms with E-state index in [-0.39, 0.29) is 0 Å². The second-order valence-electron chi connectivity index (χ2n) is 5.48. The van der Waals surface area contributed by atoms with Gasteiger partial charge in [0.05, 0.1) is 0 Å². The average molecular weight is 306 g/mol. The lowest BCUT2D eigenvalue weighted by Crippen LogP contribution is -2.37. The van der Waals surface area contributed by atoms with E-state index in [1.165, 1.54) is 0 Å². The van der Waals surface area contributed by atoms with E-state index in [4.69, 9.17) is 0 Å². The van der Waals surface area contributed by atoms with Crippen LogP contribution in [0.25, 0.3) is 0 Å². The highest BCUT2D eigenvalue weighted by atomic mass is 32.1. The molecule has 0 aromatic carbocycles. The van der Waals surface area contributed by atoms with Gasteiger partial charge in [-0.15, -0.1) is 0 Å². The van der Waals surface area contributed by atoms with Gasteiger partial charge in [-0.25, -0.2) is 0 Å². The summed E-state index contributed by atoms with van der Waals surface area (Å²) in [5, 5.41) is 3.73. The van der Waals surface area contributed by atoms with Gasteiger partial charge in [0.15, 0.2) is 0 Å². The fraction of sp³-hybridized carbons (Fsp3) is 0.833. The van der Waals surface area contributed by atoms with Crippen LogP contribution in [0, 0.1) is 5.92 Å². The molecule has 1 N–H and O–H groups in total. The Balaban J connectivity index is 1.71. The third-order valence-electron chi connectivity index (χ3n) is 3.82. The Kier molecular flexibility index (Phi) is 3.85. The van der Waals surface area contributed by atoms with E-state index in [9.17, 15) is 13.2 Å². The monoisotopic (exact) mass is 306 g/mol. The molecule has 3 rings (SSSR count). The standard InChI is InChI=1S/C12H17F3N4S/c13-12(14,15)10-17-11(20-18-10)19(9-1-2-9)7-8-3-5-16-6-4-8/h8-9,16H,1-7H2. The summed E-state index contributed by atoms with van der Waals surface area (Å²) in [7, 11) is 0. The van der Waals surface area contributed by atoms with Crippen LogP contribution in [-0.2, 0) is 6.18 Å². The minimum Gasteiger partial charge on any atom is -0.344 e. The number of hydrogen-bond acceptors (Lipinski definition) is 5. The molecule has 1 aromatic heterocycles. The number of piperidine rings is 1. The van der Waals surface area contributed by atoms with E-state index in [0.717, 1.165) is 56.9 Å². The average Bonchev–Trinajstić information content (AvgIpc) is 3.12. The van der Waals surface area contributed by atoms with Crippen molar-refractivity contribution in [1.29, 1.82) is 0 Å². The molecule has 1 aromatic rings. The van der Waals surface area contributed by atoms with Crippen LogP contribution in [0.5, 0.6) is 0 Å². The van der Waals surface area contributed by atoms with E-state index in [1.54, 1.807) is 0 Å². The predicted molar refractivity (Wildman–Crippen MR) is 70.9 cm³/mol. The number of rotatable bonds is 4. The predicted octanol–water partition coefficient (Wildman–Crippen LogP) is 2.53. The summed E-state index contributed by atoms with van der Waals surface area (Å²) in [5.41, 5.74) is 0. The van der Waals surface area contributed by atoms with Crippen LogP contribution >= 0.6 is 11.5 Å². The topological polar surface area (TPSA) is 41.1 Å². The van der Waals surface area contributed by atoms with Crippen molar-refractivity contribution in [3.63, 3.8) is 0 Å². The Morgan fingerprint density at radius 1 is 1.20 bits per heavy atom. The molecule has 112 valence electrons. The second-order valence-corrected chi connectivity index (χ2v) is 6.21. The lowest BCUT2D eigenvalue weighted by molar-refractivity contribution is -0.144. The van der Waals surface area contributed by atoms with Gasteiger partial charge in [0.2, 0.25) is 11.0 Å². The molecule has 0 atom stereocenters. The first-order valence-corrected chi connectivity index (χ1v) is 7.69. The molecule has 8 heteroatoms. The van der Waals surface area contributed by atoms with E-state index in [2.05, 4.69) is 14.7 Å². The van der Waals surface area contributed by atoms with Crippen LogP contribution < -0.4 is 10.2 Å². The Bertz CT molecular complexity index is 452. The van der Waals surface area contributed by atoms with Gasteiger partial charge in [0.25, 0.3) is 0 Å². The lowest BCUT2D eigenvalue weighted by Gasteiger charge is -2.29. The largest absolute Gasteiger partial charge is 0.452 e. The molecule has 20 heavy (non-hydrogen) atoms. The van der Waals surface area contributed by atoms with Gasteiger partial charge >= 0.3 is 6.18 Å². The van der Waals surface area contributed by atoms with Crippen molar-refractivity contribution in [3.8, 4) is 0 Å². The first-order valence-electron chi connectivity index (χ1n) is 6.92. The number of alkyl halides is 3. The van der Waals surface area contributed by atoms with Crippen molar-refractivity contribution in [2.24, 2.45) is 5.92 Å². The van der Waals surface area contributed by atoms with Crippen molar-refractivity contribution in [2.45, 2.75) is 37.9 Å². The molecule has 1 aliphatic carbocycles. The molecule has 0 unspecified atom stereocenters. The molecule has 0 radical (unpaired) electrons. The van der Waals surface area contributed by atoms with Crippen molar-refractivity contribution in [2.75, 3.05) is 24.5 Å². The number of nitrogens with one attached hydrogen (secondary N) is 1. The number of aromatic nitrogens is 2. The smallest absolute Gasteiger partial charge is 0.344 e. The van der Waals surface area contributed by atoms with Gasteiger partial charge in [-0.1, -0.05) is 0 Å². The summed E-state index contributed by atoms with van der Waals surface area (Å²) in [6.07, 6.45) is -0.196. The van der Waals surface area contributed by atoms with Gasteiger partial charge in [0, 0.05) is 24.1 Å². The number of halogens is 3. The highest BCUT2D eigenvalue weighted by molar-refractivity contribution is 7.09. The van der Waals surface area contributed by atoms with Crippen LogP contribution in [0.15, 0.2) is 0 Å². The SMILES string of the molecule is FC(F)(F)c1nsc(N(CC2CCNCC2)C2CC2)n1. The summed E-state index contributed by atoms with van der Waals surface area (Å²) in [4.78, 5) is 5.75. The third kappa shape index (κ3) is 3.22. The molecule has 2 fully saturated rings. The second kappa shape index (κ2) is 5.48. The molecule has 2 heterocycles. The van der Waals surface area contributed by atoms with Crippen molar-refractivity contribution >= 4 is 16.7 Å². The molecule has 1 aliphatic heterocycles. The number of anilines is 1. The van der Waals surface area contributed by atoms with Gasteiger partial charge in [0.1, 0.15) is 0 Å². The first-order chi connectivity index (χ1) is 9.54. The molecule has 0 spiro atoms. The maximum absolute atomic E-state index is 12.6. The van der Waals surface area contributed by atoms with Gasteiger partial charge in [-0.05, 0) is 44.7 Å². The normalized spacial score (nSPS) is 21.1. The van der Waals surface area contributed by atoms with Crippen molar-refractivity contribution < 1.29 is 13.2 Å². The minimum absolute atomic E-state index is 0.360. The van der Waals surface area contributed by atoms with E-state index in [1.807, 2.05) is 4.90 Å². The molecular formula is C12H17F3N4S. The summed E-state index contributed by atoms with van der Waals surface area (Å²) in [6.45, 7) is 2.79. The maximum Gasteiger partial charge on any atom is 0.452 e. The third-order valence-corrected chi connectivity index (χ3v) is 4.57. The van der Waals surface area contributed by atoms with Gasteiger partial charge < -0.3 is 10.2 Å². The number of nitrogens with zero attached hydrogens (tertiary/aromatic N) is 3. The Labute approximate surface area is 119 Å². The zero-order valence-electron chi connectivity index (χ0n) is 11.0. The molecule has 0 amide bonds. The van der Waals surface area contributed by atoms with Gasteiger partial charge in [-0.2, -0.15) is 22.5 Å². The molecule has 0 bridgehead atoms. The zero-order chi connectivity index (χ0) is 14.2. The van der Waals surface area contributed by atoms with E-state index in [0.29, 0.717) is 17.1 Å². The summed E-state index contributed by atoms with van der Waals surface area (Å²) < 4.78 is 41.2. The maximum atomic E-state index is 12.6. The zero-order valence-corrected chi connectivity index (χ0v) is 11.8. The Morgan fingerprint density at radius 2 is 1.90 bits per heavy atom. The molecule has 2 aliphatic rings. The van der Waals surface area contributed by atoms with Crippen LogP contribution in [0.1, 0.15) is 31.5 Å². The molecule has 4 nitrogen and oxygen atoms in total. The molecule has 1 saturated heterocycles. The Hall–Kier alpha value is -0.890. The van der Waals surface area contributed by atoms with Crippen LogP contribution in [-0.4, -0.2) is 35.0 Å². The highest BCUT2D eigenvalue weighted by Crippen LogP contribution is 2.36. The summed E-state index contributed by atoms with van der Waals surface area (Å²) in [5.74, 6) is -0.469. The highest BCUT2D eigenvalue weighted by Gasteiger charge is 2.39. The van der Waals surface area contributed by atoms with Crippen LogP contribution in [0.3, 0.4) is 0 Å². The fourth-order valence-corrected chi connectivity index (χ4v) is 3.33. The fourth-order valence-electron chi connectivity index (χ4n) is 2.56. The quantitative estimate of drug-likeness (QED) is 0.928. The van der Waals surface area contributed by atoms with E-state index >= 15 is 0 Å². The molecule has 1 saturated carbocycles. The molecular weight excluding hydrogens is 289 g/mol. The van der Waals surface area contributed by atoms with Crippen molar-refractivity contribution in [3.05, 3.63) is 5.82 Å². The van der Waals surface area contributed by atoms with Crippen LogP contribution in [0.2, 0.25) is 0 Å². The van der Waals surface area contributed by atoms with Crippen molar-refractivity contribution in [1.82, 2.24) is 14.7 Å². The lowest BCUT2D eigenvalue weighted by atomic mass is 9.97. The van der Waals surface area contributed by atoms with Crippen LogP contribution in [0.4, 0.5) is 18.3 Å². The summed E-state index contributed by atoms with van der Waals surface area (Å²) in [6, 6.07) is 0.360.